The monoisotopic (exact) mass is 385 g/mol. The molecule has 0 bridgehead atoms. The molecule has 0 radical (unpaired) electrons. The molecule has 3 nitrogen and oxygen atoms in total. The lowest BCUT2D eigenvalue weighted by atomic mass is 9.96. The van der Waals surface area contributed by atoms with Crippen molar-refractivity contribution < 1.29 is 23.1 Å². The molecular formula is C13H12BrClF3NO2. The Morgan fingerprint density at radius 1 is 1.43 bits per heavy atom. The SMILES string of the molecule is O=C(O)[C@@H]1CN(Cc2ccc(Br)cc2Cl)C[C@H]1C(F)(F)F. The molecule has 116 valence electrons. The van der Waals surface area contributed by atoms with Gasteiger partial charge in [-0.1, -0.05) is 33.6 Å². The zero-order valence-corrected chi connectivity index (χ0v) is 13.0. The van der Waals surface area contributed by atoms with Gasteiger partial charge in [-0.25, -0.2) is 0 Å². The highest BCUT2D eigenvalue weighted by Crippen LogP contribution is 2.38. The topological polar surface area (TPSA) is 40.5 Å². The van der Waals surface area contributed by atoms with E-state index in [1.807, 2.05) is 0 Å². The first-order valence-electron chi connectivity index (χ1n) is 6.14. The molecule has 1 aromatic carbocycles. The number of likely N-dealkylation sites (tertiary alicyclic amines) is 1. The minimum atomic E-state index is -4.51. The second-order valence-electron chi connectivity index (χ2n) is 5.02. The largest absolute Gasteiger partial charge is 0.481 e. The number of halogens is 5. The van der Waals surface area contributed by atoms with E-state index in [4.69, 9.17) is 16.7 Å². The number of hydrogen-bond acceptors (Lipinski definition) is 2. The number of rotatable bonds is 3. The average molecular weight is 387 g/mol. The fourth-order valence-corrected chi connectivity index (χ4v) is 3.22. The molecule has 21 heavy (non-hydrogen) atoms. The van der Waals surface area contributed by atoms with E-state index in [1.54, 1.807) is 18.2 Å². The van der Waals surface area contributed by atoms with Crippen LogP contribution in [0.3, 0.4) is 0 Å². The predicted molar refractivity (Wildman–Crippen MR) is 75.1 cm³/mol. The van der Waals surface area contributed by atoms with Crippen molar-refractivity contribution in [2.45, 2.75) is 12.7 Å². The van der Waals surface area contributed by atoms with Crippen LogP contribution in [0.2, 0.25) is 5.02 Å². The van der Waals surface area contributed by atoms with Crippen molar-refractivity contribution in [2.24, 2.45) is 11.8 Å². The van der Waals surface area contributed by atoms with Crippen LogP contribution in [0.4, 0.5) is 13.2 Å². The number of carbonyl (C=O) groups is 1. The van der Waals surface area contributed by atoms with E-state index in [1.165, 1.54) is 4.90 Å². The standard InChI is InChI=1S/C13H12BrClF3NO2/c14-8-2-1-7(11(15)3-8)4-19-5-9(12(20)21)10(6-19)13(16,17)18/h1-3,9-10H,4-6H2,(H,20,21)/t9-,10-/m1/s1. The van der Waals surface area contributed by atoms with Crippen LogP contribution in [0.5, 0.6) is 0 Å². The van der Waals surface area contributed by atoms with Gasteiger partial charge in [0.1, 0.15) is 0 Å². The normalized spacial score (nSPS) is 23.5. The molecule has 1 aliphatic rings. The Kier molecular flexibility index (Phi) is 4.85. The van der Waals surface area contributed by atoms with Crippen LogP contribution in [-0.4, -0.2) is 35.2 Å². The van der Waals surface area contributed by atoms with E-state index in [0.717, 1.165) is 4.47 Å². The third-order valence-electron chi connectivity index (χ3n) is 3.54. The smallest absolute Gasteiger partial charge is 0.393 e. The van der Waals surface area contributed by atoms with Crippen LogP contribution < -0.4 is 0 Å². The van der Waals surface area contributed by atoms with Crippen LogP contribution in [0, 0.1) is 11.8 Å². The number of aliphatic carboxylic acids is 1. The van der Waals surface area contributed by atoms with Crippen LogP contribution in [0.1, 0.15) is 5.56 Å². The van der Waals surface area contributed by atoms with Crippen LogP contribution >= 0.6 is 27.5 Å². The summed E-state index contributed by atoms with van der Waals surface area (Å²) >= 11 is 9.29. The molecule has 2 atom stereocenters. The second kappa shape index (κ2) is 6.14. The summed E-state index contributed by atoms with van der Waals surface area (Å²) in [5.41, 5.74) is 0.673. The first-order valence-corrected chi connectivity index (χ1v) is 7.31. The maximum absolute atomic E-state index is 12.9. The molecule has 1 saturated heterocycles. The van der Waals surface area contributed by atoms with Crippen molar-refractivity contribution >= 4 is 33.5 Å². The maximum atomic E-state index is 12.9. The van der Waals surface area contributed by atoms with E-state index in [-0.39, 0.29) is 19.6 Å². The van der Waals surface area contributed by atoms with Crippen LogP contribution in [0.25, 0.3) is 0 Å². The summed E-state index contributed by atoms with van der Waals surface area (Å²) in [6.45, 7) is -0.263. The number of nitrogens with zero attached hydrogens (tertiary/aromatic N) is 1. The van der Waals surface area contributed by atoms with Gasteiger partial charge in [-0.3, -0.25) is 9.69 Å². The number of carboxylic acids is 1. The maximum Gasteiger partial charge on any atom is 0.393 e. The highest BCUT2D eigenvalue weighted by Gasteiger charge is 2.52. The number of hydrogen-bond donors (Lipinski definition) is 1. The number of carboxylic acid groups (broad SMARTS) is 1. The minimum Gasteiger partial charge on any atom is -0.481 e. The Hall–Kier alpha value is -0.790. The van der Waals surface area contributed by atoms with Crippen molar-refractivity contribution in [3.8, 4) is 0 Å². The van der Waals surface area contributed by atoms with Gasteiger partial charge < -0.3 is 5.11 Å². The molecule has 0 aromatic heterocycles. The molecular weight excluding hydrogens is 374 g/mol. The fraction of sp³-hybridized carbons (Fsp3) is 0.462. The van der Waals surface area contributed by atoms with E-state index in [2.05, 4.69) is 15.9 Å². The Morgan fingerprint density at radius 3 is 2.57 bits per heavy atom. The first kappa shape index (κ1) is 16.6. The van der Waals surface area contributed by atoms with Crippen LogP contribution in [-0.2, 0) is 11.3 Å². The Labute approximate surface area is 132 Å². The van der Waals surface area contributed by atoms with Gasteiger partial charge in [0.2, 0.25) is 0 Å². The molecule has 1 aromatic rings. The van der Waals surface area contributed by atoms with Gasteiger partial charge in [-0.05, 0) is 17.7 Å². The molecule has 1 heterocycles. The summed E-state index contributed by atoms with van der Waals surface area (Å²) in [5, 5.41) is 9.40. The Morgan fingerprint density at radius 2 is 2.10 bits per heavy atom. The van der Waals surface area contributed by atoms with Crippen molar-refractivity contribution in [1.29, 1.82) is 0 Å². The zero-order valence-electron chi connectivity index (χ0n) is 10.7. The lowest BCUT2D eigenvalue weighted by Crippen LogP contribution is -2.33. The number of alkyl halides is 3. The van der Waals surface area contributed by atoms with Gasteiger partial charge in [-0.15, -0.1) is 0 Å². The summed E-state index contributed by atoms with van der Waals surface area (Å²) in [6, 6.07) is 5.11. The Balaban J connectivity index is 2.14. The van der Waals surface area contributed by atoms with Gasteiger partial charge >= 0.3 is 12.1 Å². The molecule has 0 amide bonds. The highest BCUT2D eigenvalue weighted by atomic mass is 79.9. The molecule has 1 aliphatic heterocycles. The van der Waals surface area contributed by atoms with E-state index >= 15 is 0 Å². The van der Waals surface area contributed by atoms with Gasteiger partial charge in [-0.2, -0.15) is 13.2 Å². The van der Waals surface area contributed by atoms with Crippen molar-refractivity contribution in [1.82, 2.24) is 4.90 Å². The Bertz CT molecular complexity index is 553. The van der Waals surface area contributed by atoms with Crippen molar-refractivity contribution in [2.75, 3.05) is 13.1 Å². The zero-order chi connectivity index (χ0) is 15.8. The van der Waals surface area contributed by atoms with Crippen LogP contribution in [0.15, 0.2) is 22.7 Å². The molecule has 2 rings (SSSR count). The summed E-state index contributed by atoms with van der Waals surface area (Å²) < 4.78 is 39.5. The van der Waals surface area contributed by atoms with E-state index < -0.39 is 24.0 Å². The quantitative estimate of drug-likeness (QED) is 0.859. The summed E-state index contributed by atoms with van der Waals surface area (Å²) in [6.07, 6.45) is -4.51. The third-order valence-corrected chi connectivity index (χ3v) is 4.39. The van der Waals surface area contributed by atoms with Crippen molar-refractivity contribution in [3.05, 3.63) is 33.3 Å². The summed E-state index contributed by atoms with van der Waals surface area (Å²) in [5.74, 6) is -4.69. The first-order chi connectivity index (χ1) is 9.68. The molecule has 8 heteroatoms. The second-order valence-corrected chi connectivity index (χ2v) is 6.35. The predicted octanol–water partition coefficient (Wildman–Crippen LogP) is 3.80. The summed E-state index contributed by atoms with van der Waals surface area (Å²) in [7, 11) is 0. The average Bonchev–Trinajstić information content (AvgIpc) is 2.77. The highest BCUT2D eigenvalue weighted by molar-refractivity contribution is 9.10. The van der Waals surface area contributed by atoms with Crippen molar-refractivity contribution in [3.63, 3.8) is 0 Å². The van der Waals surface area contributed by atoms with E-state index in [0.29, 0.717) is 10.6 Å². The lowest BCUT2D eigenvalue weighted by Gasteiger charge is -2.18. The molecule has 0 spiro atoms. The molecule has 1 N–H and O–H groups in total. The molecule has 0 unspecified atom stereocenters. The van der Waals surface area contributed by atoms with Gasteiger partial charge in [0, 0.05) is 29.1 Å². The molecule has 1 fully saturated rings. The summed E-state index contributed by atoms with van der Waals surface area (Å²) in [4.78, 5) is 12.5. The van der Waals surface area contributed by atoms with Gasteiger partial charge in [0.05, 0.1) is 11.8 Å². The minimum absolute atomic E-state index is 0.133. The lowest BCUT2D eigenvalue weighted by molar-refractivity contribution is -0.188. The van der Waals surface area contributed by atoms with Gasteiger partial charge in [0.25, 0.3) is 0 Å². The van der Waals surface area contributed by atoms with Gasteiger partial charge in [0.15, 0.2) is 0 Å². The molecule has 0 aliphatic carbocycles. The van der Waals surface area contributed by atoms with E-state index in [9.17, 15) is 18.0 Å². The molecule has 0 saturated carbocycles. The fourth-order valence-electron chi connectivity index (χ4n) is 2.49. The number of benzene rings is 1. The third kappa shape index (κ3) is 3.90.